The van der Waals surface area contributed by atoms with E-state index < -0.39 is 20.0 Å². The molecule has 0 bridgehead atoms. The lowest BCUT2D eigenvalue weighted by molar-refractivity contribution is -0.123. The van der Waals surface area contributed by atoms with E-state index in [1.54, 1.807) is 6.08 Å². The molecule has 0 rings (SSSR count). The molecule has 0 saturated heterocycles. The quantitative estimate of drug-likeness (QED) is 0.0274. The van der Waals surface area contributed by atoms with E-state index in [0.717, 1.165) is 44.9 Å². The first-order valence-electron chi connectivity index (χ1n) is 23.1. The molecule has 0 aromatic carbocycles. The Morgan fingerprint density at radius 3 is 1.40 bits per heavy atom. The number of aliphatic hydroxyl groups excluding tert-OH is 1. The summed E-state index contributed by atoms with van der Waals surface area (Å²) in [4.78, 5) is 22.7. The van der Waals surface area contributed by atoms with Crippen molar-refractivity contribution in [3.63, 3.8) is 0 Å². The van der Waals surface area contributed by atoms with E-state index in [4.69, 9.17) is 14.8 Å². The monoisotopic (exact) mass is 797 g/mol. The number of carbonyl (C=O) groups is 1. The third-order valence-electron chi connectivity index (χ3n) is 10.2. The summed E-state index contributed by atoms with van der Waals surface area (Å²) < 4.78 is 22.1. The molecule has 0 aliphatic rings. The van der Waals surface area contributed by atoms with E-state index in [0.29, 0.717) is 6.42 Å². The number of phosphoric ester groups is 1. The average Bonchev–Trinajstić information content (AvgIpc) is 3.17. The van der Waals surface area contributed by atoms with Crippen molar-refractivity contribution in [3.8, 4) is 0 Å². The summed E-state index contributed by atoms with van der Waals surface area (Å²) in [5.41, 5.74) is 5.38. The van der Waals surface area contributed by atoms with Crippen molar-refractivity contribution in [3.05, 3.63) is 36.5 Å². The van der Waals surface area contributed by atoms with Crippen LogP contribution in [0.3, 0.4) is 0 Å². The Morgan fingerprint density at radius 1 is 0.582 bits per heavy atom. The number of rotatable bonds is 43. The van der Waals surface area contributed by atoms with Crippen LogP contribution in [0.15, 0.2) is 36.5 Å². The van der Waals surface area contributed by atoms with Crippen molar-refractivity contribution in [2.45, 2.75) is 231 Å². The number of allylic oxidation sites excluding steroid dienone is 5. The predicted octanol–water partition coefficient (Wildman–Crippen LogP) is 13.1. The van der Waals surface area contributed by atoms with E-state index in [1.807, 2.05) is 6.08 Å². The van der Waals surface area contributed by atoms with E-state index in [1.165, 1.54) is 154 Å². The minimum atomic E-state index is -4.35. The number of hydrogen-bond donors (Lipinski definition) is 4. The fourth-order valence-corrected chi connectivity index (χ4v) is 7.45. The summed E-state index contributed by atoms with van der Waals surface area (Å²) in [6.07, 6.45) is 50.6. The van der Waals surface area contributed by atoms with Gasteiger partial charge in [-0.2, -0.15) is 0 Å². The molecule has 3 unspecified atom stereocenters. The van der Waals surface area contributed by atoms with E-state index >= 15 is 0 Å². The van der Waals surface area contributed by atoms with Gasteiger partial charge in [0.25, 0.3) is 0 Å². The van der Waals surface area contributed by atoms with Crippen LogP contribution in [0.1, 0.15) is 219 Å². The largest absolute Gasteiger partial charge is 0.472 e. The Kier molecular flexibility index (Phi) is 41.3. The summed E-state index contributed by atoms with van der Waals surface area (Å²) in [6, 6.07) is -0.880. The topological polar surface area (TPSA) is 131 Å². The van der Waals surface area contributed by atoms with Crippen molar-refractivity contribution < 1.29 is 28.4 Å². The van der Waals surface area contributed by atoms with Crippen molar-refractivity contribution in [1.82, 2.24) is 5.32 Å². The minimum Gasteiger partial charge on any atom is -0.387 e. The van der Waals surface area contributed by atoms with Crippen LogP contribution in [0.2, 0.25) is 0 Å². The number of amides is 1. The van der Waals surface area contributed by atoms with Gasteiger partial charge in [-0.1, -0.05) is 204 Å². The van der Waals surface area contributed by atoms with Gasteiger partial charge in [-0.25, -0.2) is 4.57 Å². The van der Waals surface area contributed by atoms with Gasteiger partial charge in [-0.05, 0) is 44.9 Å². The van der Waals surface area contributed by atoms with Crippen LogP contribution in [-0.2, 0) is 18.4 Å². The van der Waals surface area contributed by atoms with E-state index in [-0.39, 0.29) is 25.7 Å². The fourth-order valence-electron chi connectivity index (χ4n) is 6.69. The number of carbonyl (C=O) groups excluding carboxylic acids is 1. The minimum absolute atomic E-state index is 0.0728. The van der Waals surface area contributed by atoms with Gasteiger partial charge in [0.2, 0.25) is 5.91 Å². The number of nitrogens with two attached hydrogens (primary N) is 1. The van der Waals surface area contributed by atoms with Gasteiger partial charge in [-0.3, -0.25) is 13.8 Å². The maximum atomic E-state index is 12.8. The van der Waals surface area contributed by atoms with Crippen LogP contribution >= 0.6 is 7.82 Å². The van der Waals surface area contributed by atoms with Crippen molar-refractivity contribution in [2.24, 2.45) is 5.73 Å². The molecule has 5 N–H and O–H groups in total. The Morgan fingerprint density at radius 2 is 0.964 bits per heavy atom. The molecule has 0 radical (unpaired) electrons. The first kappa shape index (κ1) is 53.7. The Labute approximate surface area is 340 Å². The molecule has 0 aromatic heterocycles. The maximum absolute atomic E-state index is 12.8. The maximum Gasteiger partial charge on any atom is 0.472 e. The molecule has 8 nitrogen and oxygen atoms in total. The lowest BCUT2D eigenvalue weighted by atomic mass is 10.0. The number of unbranched alkanes of at least 4 members (excludes halogenated alkanes) is 27. The first-order chi connectivity index (χ1) is 26.9. The van der Waals surface area contributed by atoms with Gasteiger partial charge >= 0.3 is 7.82 Å². The molecule has 55 heavy (non-hydrogen) atoms. The summed E-state index contributed by atoms with van der Waals surface area (Å²) in [5.74, 6) is -0.205. The zero-order valence-electron chi connectivity index (χ0n) is 35.9. The number of aliphatic hydroxyl groups is 1. The van der Waals surface area contributed by atoms with Crippen LogP contribution in [0, 0.1) is 0 Å². The summed E-state index contributed by atoms with van der Waals surface area (Å²) in [5, 5.41) is 13.7. The molecule has 9 heteroatoms. The second kappa shape index (κ2) is 42.3. The Balaban J connectivity index is 4.22. The van der Waals surface area contributed by atoms with Crippen LogP contribution in [-0.4, -0.2) is 47.8 Å². The highest BCUT2D eigenvalue weighted by atomic mass is 31.2. The molecule has 1 amide bonds. The summed E-state index contributed by atoms with van der Waals surface area (Å²) >= 11 is 0. The lowest BCUT2D eigenvalue weighted by Gasteiger charge is -2.23. The standard InChI is InChI=1S/C46H89N2O6P/c1-3-5-7-9-11-13-15-17-19-21-22-24-26-28-30-32-34-36-38-40-46(50)48-44(43-54-55(51,52)53-42-41-47)45(49)39-37-35-33-31-29-27-25-23-20-18-16-14-12-10-8-6-4-2/h20,23,29,31,37,39,44-45,49H,3-19,21-22,24-28,30,32-36,38,40-43,47H2,1-2H3,(H,48,50)(H,51,52)/b23-20+,31-29+,39-37+. The number of nitrogens with one attached hydrogen (secondary N) is 1. The molecule has 0 spiro atoms. The smallest absolute Gasteiger partial charge is 0.387 e. The fraction of sp³-hybridized carbons (Fsp3) is 0.848. The van der Waals surface area contributed by atoms with Gasteiger partial charge in [0.05, 0.1) is 25.4 Å². The SMILES string of the molecule is CCCCCCCCC/C=C/CC/C=C/CC/C=C/C(O)C(COP(=O)(O)OCCN)NC(=O)CCCCCCCCCCCCCCCCCCCCC. The van der Waals surface area contributed by atoms with Crippen LogP contribution < -0.4 is 11.1 Å². The Bertz CT molecular complexity index is 959. The molecule has 324 valence electrons. The van der Waals surface area contributed by atoms with Crippen molar-refractivity contribution in [1.29, 1.82) is 0 Å². The highest BCUT2D eigenvalue weighted by Crippen LogP contribution is 2.43. The molecule has 0 heterocycles. The normalized spacial score (nSPS) is 14.3. The van der Waals surface area contributed by atoms with Crippen LogP contribution in [0.5, 0.6) is 0 Å². The molecule has 0 aliphatic heterocycles. The average molecular weight is 797 g/mol. The van der Waals surface area contributed by atoms with Gasteiger partial charge in [-0.15, -0.1) is 0 Å². The molecule has 0 fully saturated rings. The molecule has 0 saturated carbocycles. The molecule has 0 aliphatic carbocycles. The van der Waals surface area contributed by atoms with Gasteiger partial charge in [0.1, 0.15) is 0 Å². The lowest BCUT2D eigenvalue weighted by Crippen LogP contribution is -2.45. The highest BCUT2D eigenvalue weighted by Gasteiger charge is 2.26. The third-order valence-corrected chi connectivity index (χ3v) is 11.2. The number of phosphoric acid groups is 1. The van der Waals surface area contributed by atoms with Crippen LogP contribution in [0.4, 0.5) is 0 Å². The molecular weight excluding hydrogens is 707 g/mol. The van der Waals surface area contributed by atoms with Crippen molar-refractivity contribution in [2.75, 3.05) is 19.8 Å². The third kappa shape index (κ3) is 40.7. The van der Waals surface area contributed by atoms with Gasteiger partial charge in [0, 0.05) is 13.0 Å². The zero-order chi connectivity index (χ0) is 40.3. The van der Waals surface area contributed by atoms with Gasteiger partial charge in [0.15, 0.2) is 0 Å². The number of hydrogen-bond acceptors (Lipinski definition) is 6. The molecular formula is C46H89N2O6P. The van der Waals surface area contributed by atoms with E-state index in [9.17, 15) is 19.4 Å². The first-order valence-corrected chi connectivity index (χ1v) is 24.6. The summed E-state index contributed by atoms with van der Waals surface area (Å²) in [6.45, 7) is 4.12. The van der Waals surface area contributed by atoms with Crippen molar-refractivity contribution >= 4 is 13.7 Å². The Hall–Kier alpha value is -1.28. The second-order valence-electron chi connectivity index (χ2n) is 15.6. The van der Waals surface area contributed by atoms with E-state index in [2.05, 4.69) is 43.5 Å². The predicted molar refractivity (Wildman–Crippen MR) is 235 cm³/mol. The van der Waals surface area contributed by atoms with Gasteiger partial charge < -0.3 is 21.1 Å². The molecule has 3 atom stereocenters. The van der Waals surface area contributed by atoms with Crippen LogP contribution in [0.25, 0.3) is 0 Å². The molecule has 0 aromatic rings. The second-order valence-corrected chi connectivity index (χ2v) is 17.1. The summed E-state index contributed by atoms with van der Waals surface area (Å²) in [7, 11) is -4.35. The highest BCUT2D eigenvalue weighted by molar-refractivity contribution is 7.47. The zero-order valence-corrected chi connectivity index (χ0v) is 36.8.